The first kappa shape index (κ1) is 18.4. The van der Waals surface area contributed by atoms with Crippen molar-refractivity contribution in [1.29, 1.82) is 0 Å². The lowest BCUT2D eigenvalue weighted by Gasteiger charge is -2.30. The van der Waals surface area contributed by atoms with Crippen LogP contribution in [0.1, 0.15) is 62.5 Å². The van der Waals surface area contributed by atoms with Gasteiger partial charge >= 0.3 is 0 Å². The molecule has 1 heterocycles. The average molecular weight is 343 g/mol. The van der Waals surface area contributed by atoms with Crippen molar-refractivity contribution < 1.29 is 0 Å². The zero-order valence-electron chi connectivity index (χ0n) is 16.7. The Labute approximate surface area is 153 Å². The molecule has 2 aliphatic rings. The Balaban J connectivity index is 2.01. The van der Waals surface area contributed by atoms with E-state index in [0.717, 1.165) is 37.1 Å². The van der Waals surface area contributed by atoms with E-state index in [1.165, 1.54) is 55.5 Å². The molecular weight excluding hydrogens is 308 g/mol. The molecule has 0 amide bonds. The van der Waals surface area contributed by atoms with Gasteiger partial charge in [-0.25, -0.2) is 9.97 Å². The normalized spacial score (nSPS) is 18.2. The third kappa shape index (κ3) is 4.60. The van der Waals surface area contributed by atoms with Crippen molar-refractivity contribution in [2.75, 3.05) is 38.6 Å². The van der Waals surface area contributed by atoms with E-state index in [4.69, 9.17) is 9.97 Å². The summed E-state index contributed by atoms with van der Waals surface area (Å²) in [5.74, 6) is 2.94. The molecule has 0 saturated heterocycles. The third-order valence-corrected chi connectivity index (χ3v) is 5.52. The van der Waals surface area contributed by atoms with Crippen LogP contribution in [0, 0.1) is 19.8 Å². The quantitative estimate of drug-likeness (QED) is 0.743. The summed E-state index contributed by atoms with van der Waals surface area (Å²) in [5.41, 5.74) is 5.55. The number of allylic oxidation sites excluding steroid dienone is 2. The van der Waals surface area contributed by atoms with Crippen LogP contribution in [-0.2, 0) is 0 Å². The molecule has 0 radical (unpaired) electrons. The number of anilines is 1. The van der Waals surface area contributed by atoms with Crippen LogP contribution in [0.15, 0.2) is 5.57 Å². The Morgan fingerprint density at radius 2 is 1.68 bits per heavy atom. The van der Waals surface area contributed by atoms with Gasteiger partial charge in [-0.05, 0) is 84.9 Å². The second-order valence-corrected chi connectivity index (χ2v) is 8.21. The van der Waals surface area contributed by atoms with Crippen LogP contribution >= 0.6 is 0 Å². The average Bonchev–Trinajstić information content (AvgIpc) is 3.36. The predicted molar refractivity (Wildman–Crippen MR) is 106 cm³/mol. The first-order valence-electron chi connectivity index (χ1n) is 9.89. The molecule has 0 N–H and O–H groups in total. The summed E-state index contributed by atoms with van der Waals surface area (Å²) in [6, 6.07) is 0. The number of likely N-dealkylation sites (N-methyl/N-ethyl adjacent to an activating group) is 1. The summed E-state index contributed by atoms with van der Waals surface area (Å²) in [6.07, 6.45) is 7.76. The lowest BCUT2D eigenvalue weighted by atomic mass is 9.87. The molecule has 0 spiro atoms. The molecule has 138 valence electrons. The summed E-state index contributed by atoms with van der Waals surface area (Å²) in [4.78, 5) is 14.5. The minimum absolute atomic E-state index is 0.854. The molecule has 4 nitrogen and oxygen atoms in total. The van der Waals surface area contributed by atoms with Crippen LogP contribution < -0.4 is 4.90 Å². The molecule has 4 heteroatoms. The van der Waals surface area contributed by atoms with E-state index >= 15 is 0 Å². The van der Waals surface area contributed by atoms with Crippen LogP contribution in [0.25, 0.3) is 5.57 Å². The van der Waals surface area contributed by atoms with E-state index in [-0.39, 0.29) is 0 Å². The number of aryl methyl sites for hydroxylation is 2. The van der Waals surface area contributed by atoms with Crippen LogP contribution in [0.5, 0.6) is 0 Å². The lowest BCUT2D eigenvalue weighted by molar-refractivity contribution is 0.411. The van der Waals surface area contributed by atoms with Gasteiger partial charge in [-0.3, -0.25) is 0 Å². The van der Waals surface area contributed by atoms with Crippen LogP contribution in [0.4, 0.5) is 5.82 Å². The number of nitrogens with zero attached hydrogens (tertiary/aromatic N) is 4. The van der Waals surface area contributed by atoms with Crippen molar-refractivity contribution in [3.05, 3.63) is 22.7 Å². The van der Waals surface area contributed by atoms with Gasteiger partial charge in [0.2, 0.25) is 0 Å². The van der Waals surface area contributed by atoms with Gasteiger partial charge in [0.05, 0.1) is 5.69 Å². The van der Waals surface area contributed by atoms with Crippen LogP contribution in [0.3, 0.4) is 0 Å². The second-order valence-electron chi connectivity index (χ2n) is 8.21. The maximum absolute atomic E-state index is 4.96. The first-order valence-corrected chi connectivity index (χ1v) is 9.89. The maximum Gasteiger partial charge on any atom is 0.140 e. The molecule has 2 aliphatic carbocycles. The van der Waals surface area contributed by atoms with E-state index in [0.29, 0.717) is 0 Å². The molecule has 0 bridgehead atoms. The number of hydrogen-bond acceptors (Lipinski definition) is 4. The van der Waals surface area contributed by atoms with Gasteiger partial charge in [-0.2, -0.15) is 0 Å². The van der Waals surface area contributed by atoms with E-state index < -0.39 is 0 Å². The third-order valence-electron chi connectivity index (χ3n) is 5.52. The molecule has 1 aromatic heterocycles. The Morgan fingerprint density at radius 3 is 2.32 bits per heavy atom. The number of hydrogen-bond donors (Lipinski definition) is 0. The Morgan fingerprint density at radius 1 is 0.960 bits per heavy atom. The highest BCUT2D eigenvalue weighted by Gasteiger charge is 2.28. The standard InChI is InChI=1S/C21H34N4/c1-15-8-6-7-9-19(15)20-16(2)22-17(3)23-21(20)25(13-12-24(4)5)14-18-10-11-18/h18H,6-14H2,1-5H3. The highest BCUT2D eigenvalue weighted by atomic mass is 15.2. The van der Waals surface area contributed by atoms with E-state index in [1.807, 2.05) is 6.92 Å². The molecule has 1 saturated carbocycles. The van der Waals surface area contributed by atoms with E-state index in [9.17, 15) is 0 Å². The van der Waals surface area contributed by atoms with Gasteiger partial charge in [0.1, 0.15) is 11.6 Å². The van der Waals surface area contributed by atoms with Gasteiger partial charge in [0.25, 0.3) is 0 Å². The van der Waals surface area contributed by atoms with Crippen molar-refractivity contribution in [3.63, 3.8) is 0 Å². The smallest absolute Gasteiger partial charge is 0.140 e. The van der Waals surface area contributed by atoms with E-state index in [1.54, 1.807) is 5.57 Å². The fourth-order valence-electron chi connectivity index (χ4n) is 3.89. The van der Waals surface area contributed by atoms with E-state index in [2.05, 4.69) is 37.7 Å². The van der Waals surface area contributed by atoms with Gasteiger partial charge < -0.3 is 9.80 Å². The molecular formula is C21H34N4. The molecule has 25 heavy (non-hydrogen) atoms. The van der Waals surface area contributed by atoms with Gasteiger partial charge in [0, 0.05) is 25.2 Å². The Hall–Kier alpha value is -1.42. The molecule has 1 aromatic rings. The van der Waals surface area contributed by atoms with Crippen LogP contribution in [0.2, 0.25) is 0 Å². The van der Waals surface area contributed by atoms with Crippen molar-refractivity contribution in [3.8, 4) is 0 Å². The molecule has 0 atom stereocenters. The Kier molecular flexibility index (Phi) is 5.78. The van der Waals surface area contributed by atoms with Crippen molar-refractivity contribution in [2.24, 2.45) is 5.92 Å². The largest absolute Gasteiger partial charge is 0.354 e. The fraction of sp³-hybridized carbons (Fsp3) is 0.714. The fourth-order valence-corrected chi connectivity index (χ4v) is 3.89. The summed E-state index contributed by atoms with van der Waals surface area (Å²) < 4.78 is 0. The molecule has 0 aromatic carbocycles. The lowest BCUT2D eigenvalue weighted by Crippen LogP contribution is -2.35. The highest BCUT2D eigenvalue weighted by Crippen LogP contribution is 2.39. The first-order chi connectivity index (χ1) is 12.0. The summed E-state index contributed by atoms with van der Waals surface area (Å²) in [5, 5.41) is 0. The Bertz CT molecular complexity index is 644. The van der Waals surface area contributed by atoms with Crippen LogP contribution in [-0.4, -0.2) is 48.6 Å². The number of aromatic nitrogens is 2. The SMILES string of the molecule is CC1=C(c2c(C)nc(C)nc2N(CCN(C)C)CC2CC2)CCCC1. The second kappa shape index (κ2) is 7.86. The maximum atomic E-state index is 4.96. The topological polar surface area (TPSA) is 32.3 Å². The summed E-state index contributed by atoms with van der Waals surface area (Å²) >= 11 is 0. The van der Waals surface area contributed by atoms with Crippen molar-refractivity contribution in [2.45, 2.75) is 59.3 Å². The zero-order valence-corrected chi connectivity index (χ0v) is 16.7. The molecule has 3 rings (SSSR count). The van der Waals surface area contributed by atoms with Crippen molar-refractivity contribution >= 4 is 11.4 Å². The molecule has 0 aliphatic heterocycles. The van der Waals surface area contributed by atoms with Crippen molar-refractivity contribution in [1.82, 2.24) is 14.9 Å². The van der Waals surface area contributed by atoms with Gasteiger partial charge in [-0.15, -0.1) is 0 Å². The molecule has 0 unspecified atom stereocenters. The highest BCUT2D eigenvalue weighted by molar-refractivity contribution is 5.78. The molecule has 1 fully saturated rings. The minimum Gasteiger partial charge on any atom is -0.354 e. The number of rotatable bonds is 7. The van der Waals surface area contributed by atoms with Gasteiger partial charge in [-0.1, -0.05) is 5.57 Å². The van der Waals surface area contributed by atoms with Gasteiger partial charge in [0.15, 0.2) is 0 Å². The summed E-state index contributed by atoms with van der Waals surface area (Å²) in [7, 11) is 4.31. The predicted octanol–water partition coefficient (Wildman–Crippen LogP) is 4.22. The minimum atomic E-state index is 0.854. The summed E-state index contributed by atoms with van der Waals surface area (Å²) in [6.45, 7) is 9.75. The zero-order chi connectivity index (χ0) is 18.0. The monoisotopic (exact) mass is 342 g/mol.